The van der Waals surface area contributed by atoms with Crippen molar-refractivity contribution in [3.63, 3.8) is 0 Å². The highest BCUT2D eigenvalue weighted by molar-refractivity contribution is 6.19. The molecule has 47 heteroatoms. The second-order valence-corrected chi connectivity index (χ2v) is 28.6. The van der Waals surface area contributed by atoms with E-state index in [0.29, 0.717) is 5.82 Å². The Morgan fingerprint density at radius 2 is 0.975 bits per heavy atom. The van der Waals surface area contributed by atoms with Crippen LogP contribution in [0.25, 0.3) is 11.2 Å². The standard InChI is InChI=1S/C13H13FN4O4.C13H18FN3O3.C13H16FN3O3.C12H17F2N3O3.C11H15ClFN3O3.C11H14ClFN2O4/c1-3-13(4-19)9(20)7(14)12(22-13)18-5-15-8-10(18)16-6(2)17-11(8)21;2*1-3-5-13(7-18)11(19)10(14)12(20-13)17-6-4-9(15)16-8(17)2;1-3-11(6-18)9(19)12(13,14)10(20-11)17-5-4-8(15)16-7(17)2;1-6-15-7(14)2-3-16(6)10-8(13)9(18)11(4-12,5-17)19-10;1-6-14-7(17)2-3-15(6)10-8(13)9(18)11(4-12,5-16)19-10/h1,5,7,9,12,19-20H,4H2,2H3,(H,16,17,21);3-4,6,10-12,18-19H,1-2,5,7H2,(H2,15,16);4-6,10-12,18-19H,1-2,7H2,(H2,15,16);4-5,9-10,18-19H,2-3,6H2,1H3,(H2,15,16);2-3,8-10,17-18H,1,4-5H2,(H2,14,15);2-3,8-10,16,18H,1,4-5H2,(H,14,17)/t7-,9+,12-,13-;2*10-,11+,12-,13-;9-,10-,11-;2*8-,9+,10-,11-/m111111/s1. The molecule has 11 aliphatic heterocycles. The largest absolute Gasteiger partial charge is 0.393 e. The zero-order valence-electron chi connectivity index (χ0n) is 64.1. The van der Waals surface area contributed by atoms with E-state index in [1.165, 1.54) is 104 Å². The van der Waals surface area contributed by atoms with Gasteiger partial charge in [0.2, 0.25) is 6.23 Å². The fraction of sp³-hybridized carbons (Fsp3) is 0.493. The number of terminal acetylenes is 1. The zero-order valence-corrected chi connectivity index (χ0v) is 65.6. The maximum atomic E-state index is 14.4. The Balaban J connectivity index is 0.000000179. The van der Waals surface area contributed by atoms with Gasteiger partial charge in [0.15, 0.2) is 84.9 Å². The molecule has 23 atom stereocenters. The molecular formula is C73H93Cl2F7N18O20. The van der Waals surface area contributed by atoms with E-state index >= 15 is 0 Å². The van der Waals surface area contributed by atoms with Gasteiger partial charge in [-0.25, -0.2) is 51.9 Å². The third-order valence-electron chi connectivity index (χ3n) is 20.4. The van der Waals surface area contributed by atoms with E-state index in [9.17, 15) is 102 Å². The number of fused-ring (bicyclic) bond motifs is 1. The molecule has 6 fully saturated rings. The van der Waals surface area contributed by atoms with E-state index in [2.05, 4.69) is 97.9 Å². The summed E-state index contributed by atoms with van der Waals surface area (Å²) in [6.45, 7) is 24.2. The van der Waals surface area contributed by atoms with Crippen LogP contribution in [-0.4, -0.2) is 324 Å². The molecular weight excluding hydrogens is 1650 g/mol. The number of rotatable bonds is 18. The number of hydrogen-bond donors (Lipinski definition) is 18. The Morgan fingerprint density at radius 3 is 1.34 bits per heavy atom. The van der Waals surface area contributed by atoms with Crippen molar-refractivity contribution in [1.29, 1.82) is 0 Å². The first-order valence-electron chi connectivity index (χ1n) is 35.9. The monoisotopic (exact) mass is 1740 g/mol. The first-order chi connectivity index (χ1) is 56.5. The molecule has 13 heterocycles. The number of aliphatic hydroxyl groups excluding tert-OH is 12. The highest BCUT2D eigenvalue weighted by atomic mass is 35.5. The van der Waals surface area contributed by atoms with Crippen molar-refractivity contribution in [2.75, 3.05) is 51.4 Å². The van der Waals surface area contributed by atoms with Crippen molar-refractivity contribution >= 4 is 63.6 Å². The molecule has 11 aliphatic rings. The number of imidazole rings is 1. The summed E-state index contributed by atoms with van der Waals surface area (Å²) in [4.78, 5) is 55.0. The number of aliphatic imine (C=N–C) groups is 4. The first kappa shape index (κ1) is 95.8. The number of carbonyl (C=O) groups excluding carboxylic acids is 1. The van der Waals surface area contributed by atoms with E-state index in [-0.39, 0.29) is 94.1 Å². The predicted molar refractivity (Wildman–Crippen MR) is 416 cm³/mol. The van der Waals surface area contributed by atoms with Crippen LogP contribution in [-0.2, 0) is 33.2 Å². The summed E-state index contributed by atoms with van der Waals surface area (Å²) in [5.74, 6) is -0.550. The van der Waals surface area contributed by atoms with Gasteiger partial charge in [-0.1, -0.05) is 58.4 Å². The number of H-pyrrole nitrogens is 1. The van der Waals surface area contributed by atoms with Crippen LogP contribution in [0.5, 0.6) is 0 Å². The predicted octanol–water partition coefficient (Wildman–Crippen LogP) is -1.97. The molecule has 2 aromatic rings. The van der Waals surface area contributed by atoms with Crippen LogP contribution in [0.2, 0.25) is 0 Å². The zero-order chi connectivity index (χ0) is 89.4. The van der Waals surface area contributed by atoms with Gasteiger partial charge in [-0.05, 0) is 50.1 Å². The minimum Gasteiger partial charge on any atom is -0.393 e. The first-order valence-corrected chi connectivity index (χ1v) is 36.9. The van der Waals surface area contributed by atoms with Crippen LogP contribution in [0.3, 0.4) is 0 Å². The minimum absolute atomic E-state index is 0.0121. The summed E-state index contributed by atoms with van der Waals surface area (Å²) < 4.78 is 133. The number of carbonyl (C=O) groups is 1. The van der Waals surface area contributed by atoms with Gasteiger partial charge in [0.1, 0.15) is 117 Å². The fourth-order valence-electron chi connectivity index (χ4n) is 13.4. The van der Waals surface area contributed by atoms with Gasteiger partial charge in [-0.15, -0.1) is 41.9 Å². The molecule has 0 bridgehead atoms. The fourth-order valence-corrected chi connectivity index (χ4v) is 14.0. The summed E-state index contributed by atoms with van der Waals surface area (Å²) in [5, 5.41) is 118. The number of hydrogen-bond acceptors (Lipinski definition) is 35. The van der Waals surface area contributed by atoms with E-state index < -0.39 is 190 Å². The highest BCUT2D eigenvalue weighted by Gasteiger charge is 2.68. The second kappa shape index (κ2) is 38.6. The number of aromatic amines is 1. The van der Waals surface area contributed by atoms with Crippen molar-refractivity contribution in [2.45, 2.75) is 171 Å². The Bertz CT molecular complexity index is 4610. The molecule has 38 nitrogen and oxygen atoms in total. The highest BCUT2D eigenvalue weighted by Crippen LogP contribution is 2.48. The van der Waals surface area contributed by atoms with E-state index in [0.717, 1.165) is 4.90 Å². The van der Waals surface area contributed by atoms with Crippen LogP contribution in [0.4, 0.5) is 30.7 Å². The number of aliphatic hydroxyl groups is 12. The van der Waals surface area contributed by atoms with Gasteiger partial charge in [0.25, 0.3) is 11.5 Å². The Morgan fingerprint density at radius 1 is 0.567 bits per heavy atom. The van der Waals surface area contributed by atoms with Gasteiger partial charge >= 0.3 is 5.92 Å². The van der Waals surface area contributed by atoms with Gasteiger partial charge in [-0.2, -0.15) is 8.78 Å². The molecule has 13 rings (SSSR count). The molecule has 658 valence electrons. The van der Waals surface area contributed by atoms with Crippen molar-refractivity contribution in [3.8, 4) is 12.3 Å². The van der Waals surface area contributed by atoms with Crippen LogP contribution < -0.4 is 33.8 Å². The summed E-state index contributed by atoms with van der Waals surface area (Å²) in [7, 11) is 0. The lowest BCUT2D eigenvalue weighted by molar-refractivity contribution is -0.154. The number of halogens is 9. The van der Waals surface area contributed by atoms with Crippen molar-refractivity contribution < 1.29 is 125 Å². The lowest BCUT2D eigenvalue weighted by Gasteiger charge is -2.33. The van der Waals surface area contributed by atoms with Crippen molar-refractivity contribution in [2.24, 2.45) is 42.9 Å². The number of ether oxygens (including phenoxy) is 6. The summed E-state index contributed by atoms with van der Waals surface area (Å²) >= 11 is 11.3. The Labute approximate surface area is 690 Å². The number of nitrogens with zero attached hydrogens (tertiary/aromatic N) is 12. The molecule has 0 unspecified atom stereocenters. The summed E-state index contributed by atoms with van der Waals surface area (Å²) in [6, 6.07) is 0. The number of amides is 1. The van der Waals surface area contributed by atoms with Crippen LogP contribution >= 0.6 is 23.2 Å². The molecule has 0 saturated carbocycles. The molecule has 0 radical (unpaired) electrons. The maximum absolute atomic E-state index is 14.4. The number of aromatic nitrogens is 4. The molecule has 2 aromatic heterocycles. The number of nitrogens with two attached hydrogens (primary N) is 4. The van der Waals surface area contributed by atoms with Gasteiger partial charge in [-0.3, -0.25) is 14.2 Å². The molecule has 6 saturated heterocycles. The molecule has 120 heavy (non-hydrogen) atoms. The van der Waals surface area contributed by atoms with E-state index in [1.54, 1.807) is 13.8 Å². The van der Waals surface area contributed by atoms with Crippen molar-refractivity contribution in [1.82, 2.24) is 49.3 Å². The Hall–Kier alpha value is -9.71. The third kappa shape index (κ3) is 18.4. The van der Waals surface area contributed by atoms with Crippen LogP contribution in [0.1, 0.15) is 31.8 Å². The van der Waals surface area contributed by atoms with Crippen molar-refractivity contribution in [3.05, 3.63) is 177 Å². The second-order valence-electron chi connectivity index (χ2n) is 28.0. The SMILES string of the molecule is C#C[C@]1(CO)O[C@@H](n2cnc3c(=O)[nH]c(C)nc32)[C@H](F)[C@@H]1O.C=C1N=C(N)C=CN1[C@@H]1O[C@@](CO)(CCl)[C@@H](O)[C@H]1F.C=C1N=C(N)C=CN1[C@@H]1O[C@](CC)(CO)[C@@H](O)C1(F)F.C=C1NC(=O)C=CN1[C@@H]1O[C@@](CO)(CCl)[C@@H](O)[C@H]1F.C=C=C[C@]1(CO)O[C@@H](N2C=CC(N)=NC2=C)[C@H](F)[C@@H]1O.C=CC[C@]1(CO)O[C@@H](N2C=CC(N)=NC2=C)[C@H](F)[C@@H]1O. The molecule has 0 aliphatic carbocycles. The van der Waals surface area contributed by atoms with Gasteiger partial charge < -0.3 is 147 Å². The average Bonchev–Trinajstić information content (AvgIpc) is 1.63. The Kier molecular flexibility index (Phi) is 30.8. The van der Waals surface area contributed by atoms with E-state index in [4.69, 9.17) is 81.0 Å². The van der Waals surface area contributed by atoms with E-state index in [1.807, 2.05) is 0 Å². The maximum Gasteiger partial charge on any atom is 0.320 e. The molecule has 1 amide bonds. The van der Waals surface area contributed by atoms with Gasteiger partial charge in [0.05, 0.1) is 57.7 Å². The number of amidine groups is 4. The molecule has 0 spiro atoms. The number of alkyl halides is 9. The normalized spacial score (nSPS) is 36.4. The minimum atomic E-state index is -3.59. The van der Waals surface area contributed by atoms with Crippen LogP contribution in [0.15, 0.2) is 186 Å². The topological polar surface area (TPSA) is 561 Å². The number of nitrogens with one attached hydrogen (secondary N) is 2. The summed E-state index contributed by atoms with van der Waals surface area (Å²) in [5.41, 5.74) is 14.3. The average molecular weight is 1750 g/mol. The van der Waals surface area contributed by atoms with Crippen LogP contribution in [0, 0.1) is 19.3 Å². The lowest BCUT2D eigenvalue weighted by Crippen LogP contribution is -2.50. The number of aryl methyl sites for hydroxylation is 1. The van der Waals surface area contributed by atoms with Gasteiger partial charge in [0, 0.05) is 37.1 Å². The molecule has 0 aromatic carbocycles. The summed E-state index contributed by atoms with van der Waals surface area (Å²) in [6.07, 6.45) is -3.69. The quantitative estimate of drug-likeness (QED) is 0.0253. The lowest BCUT2D eigenvalue weighted by atomic mass is 9.93. The smallest absolute Gasteiger partial charge is 0.320 e. The molecule has 22 N–H and O–H groups in total. The third-order valence-corrected chi connectivity index (χ3v) is 21.3.